The highest BCUT2D eigenvalue weighted by atomic mass is 32.2. The minimum absolute atomic E-state index is 0.0000939. The Labute approximate surface area is 121 Å². The van der Waals surface area contributed by atoms with Crippen molar-refractivity contribution in [3.8, 4) is 0 Å². The Morgan fingerprint density at radius 3 is 2.85 bits per heavy atom. The Balaban J connectivity index is 1.82. The second-order valence-electron chi connectivity index (χ2n) is 4.64. The summed E-state index contributed by atoms with van der Waals surface area (Å²) in [6, 6.07) is 4.04. The molecule has 0 spiro atoms. The molecule has 1 saturated heterocycles. The van der Waals surface area contributed by atoms with E-state index in [4.69, 9.17) is 5.73 Å². The standard InChI is InChI=1S/C12H15FN2O3S2/c13-10-5-9(1-2-11(10)14)19-6-12(16)15-8-3-4-20(17,18)7-8/h1-2,5,8H,3-4,6-7,14H2,(H,15,16). The molecule has 2 rings (SSSR count). The van der Waals surface area contributed by atoms with Crippen molar-refractivity contribution in [2.45, 2.75) is 17.4 Å². The molecule has 0 aliphatic carbocycles. The first kappa shape index (κ1) is 15.1. The number of benzene rings is 1. The van der Waals surface area contributed by atoms with Gasteiger partial charge in [-0.2, -0.15) is 0 Å². The van der Waals surface area contributed by atoms with Crippen molar-refractivity contribution in [3.05, 3.63) is 24.0 Å². The van der Waals surface area contributed by atoms with Crippen LogP contribution >= 0.6 is 11.8 Å². The second kappa shape index (κ2) is 6.01. The number of carbonyl (C=O) groups excluding carboxylic acids is 1. The lowest BCUT2D eigenvalue weighted by Crippen LogP contribution is -2.36. The van der Waals surface area contributed by atoms with Crippen LogP contribution < -0.4 is 11.1 Å². The highest BCUT2D eigenvalue weighted by Gasteiger charge is 2.28. The van der Waals surface area contributed by atoms with Crippen molar-refractivity contribution >= 4 is 33.2 Å². The predicted molar refractivity (Wildman–Crippen MR) is 76.7 cm³/mol. The molecule has 0 bridgehead atoms. The molecule has 5 nitrogen and oxygen atoms in total. The van der Waals surface area contributed by atoms with Gasteiger partial charge < -0.3 is 11.1 Å². The number of halogens is 1. The van der Waals surface area contributed by atoms with Gasteiger partial charge in [0.05, 0.1) is 22.9 Å². The first-order valence-electron chi connectivity index (χ1n) is 6.03. The van der Waals surface area contributed by atoms with Gasteiger partial charge in [-0.3, -0.25) is 4.79 Å². The van der Waals surface area contributed by atoms with Crippen LogP contribution in [0.5, 0.6) is 0 Å². The molecule has 3 N–H and O–H groups in total. The van der Waals surface area contributed by atoms with Crippen LogP contribution in [-0.2, 0) is 14.6 Å². The van der Waals surface area contributed by atoms with Gasteiger partial charge in [-0.05, 0) is 24.6 Å². The van der Waals surface area contributed by atoms with Gasteiger partial charge in [0.2, 0.25) is 5.91 Å². The van der Waals surface area contributed by atoms with Crippen LogP contribution in [0, 0.1) is 5.82 Å². The molecule has 20 heavy (non-hydrogen) atoms. The zero-order valence-electron chi connectivity index (χ0n) is 10.6. The molecule has 0 radical (unpaired) electrons. The number of hydrogen-bond donors (Lipinski definition) is 2. The first-order chi connectivity index (χ1) is 9.35. The Morgan fingerprint density at radius 1 is 1.50 bits per heavy atom. The summed E-state index contributed by atoms with van der Waals surface area (Å²) in [5.74, 6) is -0.541. The monoisotopic (exact) mass is 318 g/mol. The number of carbonyl (C=O) groups is 1. The molecule has 1 aromatic carbocycles. The number of rotatable bonds is 4. The third kappa shape index (κ3) is 4.11. The SMILES string of the molecule is Nc1ccc(SCC(=O)NC2CCS(=O)(=O)C2)cc1F. The summed E-state index contributed by atoms with van der Waals surface area (Å²) in [5.41, 5.74) is 5.42. The maximum atomic E-state index is 13.2. The van der Waals surface area contributed by atoms with E-state index in [1.54, 1.807) is 6.07 Å². The quantitative estimate of drug-likeness (QED) is 0.633. The van der Waals surface area contributed by atoms with E-state index in [0.717, 1.165) is 0 Å². The smallest absolute Gasteiger partial charge is 0.230 e. The van der Waals surface area contributed by atoms with E-state index >= 15 is 0 Å². The lowest BCUT2D eigenvalue weighted by molar-refractivity contribution is -0.119. The summed E-state index contributed by atoms with van der Waals surface area (Å²) < 4.78 is 35.7. The fourth-order valence-electron chi connectivity index (χ4n) is 1.92. The minimum Gasteiger partial charge on any atom is -0.396 e. The van der Waals surface area contributed by atoms with Crippen LogP contribution in [0.15, 0.2) is 23.1 Å². The molecule has 1 amide bonds. The summed E-state index contributed by atoms with van der Waals surface area (Å²) >= 11 is 1.18. The second-order valence-corrected chi connectivity index (χ2v) is 7.92. The number of anilines is 1. The Bertz CT molecular complexity index is 619. The number of sulfone groups is 1. The molecule has 1 aromatic rings. The molecule has 8 heteroatoms. The van der Waals surface area contributed by atoms with E-state index in [1.807, 2.05) is 0 Å². The predicted octanol–water partition coefficient (Wildman–Crippen LogP) is 0.803. The van der Waals surface area contributed by atoms with Gasteiger partial charge in [-0.1, -0.05) is 0 Å². The molecule has 0 saturated carbocycles. The van der Waals surface area contributed by atoms with Crippen LogP contribution in [0.25, 0.3) is 0 Å². The zero-order chi connectivity index (χ0) is 14.8. The normalized spacial score (nSPS) is 20.8. The molecule has 0 aromatic heterocycles. The number of amides is 1. The van der Waals surface area contributed by atoms with Crippen molar-refractivity contribution < 1.29 is 17.6 Å². The molecule has 110 valence electrons. The van der Waals surface area contributed by atoms with Gasteiger partial charge in [0.1, 0.15) is 5.82 Å². The average molecular weight is 318 g/mol. The van der Waals surface area contributed by atoms with Crippen LogP contribution in [0.3, 0.4) is 0 Å². The zero-order valence-corrected chi connectivity index (χ0v) is 12.3. The molecular formula is C12H15FN2O3S2. The van der Waals surface area contributed by atoms with E-state index in [0.29, 0.717) is 11.3 Å². The summed E-state index contributed by atoms with van der Waals surface area (Å²) in [5, 5.41) is 2.67. The van der Waals surface area contributed by atoms with Crippen LogP contribution in [0.2, 0.25) is 0 Å². The number of nitrogen functional groups attached to an aromatic ring is 1. The Hall–Kier alpha value is -1.28. The molecule has 1 aliphatic heterocycles. The number of hydrogen-bond acceptors (Lipinski definition) is 5. The van der Waals surface area contributed by atoms with Crippen molar-refractivity contribution in [1.82, 2.24) is 5.32 Å². The van der Waals surface area contributed by atoms with Crippen molar-refractivity contribution in [3.63, 3.8) is 0 Å². The van der Waals surface area contributed by atoms with E-state index in [-0.39, 0.29) is 34.9 Å². The fourth-order valence-corrected chi connectivity index (χ4v) is 4.33. The highest BCUT2D eigenvalue weighted by molar-refractivity contribution is 8.00. The van der Waals surface area contributed by atoms with Crippen molar-refractivity contribution in [2.75, 3.05) is 23.0 Å². The largest absolute Gasteiger partial charge is 0.396 e. The number of thioether (sulfide) groups is 1. The van der Waals surface area contributed by atoms with Gasteiger partial charge in [0, 0.05) is 10.9 Å². The minimum atomic E-state index is -3.00. The maximum Gasteiger partial charge on any atom is 0.230 e. The van der Waals surface area contributed by atoms with E-state index < -0.39 is 15.7 Å². The summed E-state index contributed by atoms with van der Waals surface area (Å²) in [6.07, 6.45) is 0.454. The van der Waals surface area contributed by atoms with Crippen LogP contribution in [-0.4, -0.2) is 37.6 Å². The molecule has 1 unspecified atom stereocenters. The Morgan fingerprint density at radius 2 is 2.25 bits per heavy atom. The first-order valence-corrected chi connectivity index (χ1v) is 8.84. The average Bonchev–Trinajstić information content (AvgIpc) is 2.70. The fraction of sp³-hybridized carbons (Fsp3) is 0.417. The Kier molecular flexibility index (Phi) is 4.54. The van der Waals surface area contributed by atoms with Gasteiger partial charge in [-0.15, -0.1) is 11.8 Å². The third-order valence-electron chi connectivity index (χ3n) is 2.94. The van der Waals surface area contributed by atoms with Crippen LogP contribution in [0.1, 0.15) is 6.42 Å². The van der Waals surface area contributed by atoms with E-state index in [1.165, 1.54) is 23.9 Å². The van der Waals surface area contributed by atoms with Gasteiger partial charge in [0.15, 0.2) is 9.84 Å². The van der Waals surface area contributed by atoms with Crippen molar-refractivity contribution in [2.24, 2.45) is 0 Å². The lowest BCUT2D eigenvalue weighted by Gasteiger charge is -2.10. The molecular weight excluding hydrogens is 303 g/mol. The summed E-state index contributed by atoms with van der Waals surface area (Å²) in [4.78, 5) is 12.3. The van der Waals surface area contributed by atoms with Gasteiger partial charge >= 0.3 is 0 Å². The lowest BCUT2D eigenvalue weighted by atomic mass is 10.3. The summed E-state index contributed by atoms with van der Waals surface area (Å²) in [6.45, 7) is 0. The topological polar surface area (TPSA) is 89.3 Å². The molecule has 1 atom stereocenters. The molecule has 1 aliphatic rings. The van der Waals surface area contributed by atoms with Crippen molar-refractivity contribution in [1.29, 1.82) is 0 Å². The number of nitrogens with one attached hydrogen (secondary N) is 1. The van der Waals surface area contributed by atoms with Gasteiger partial charge in [0.25, 0.3) is 0 Å². The molecule has 1 heterocycles. The number of nitrogens with two attached hydrogens (primary N) is 1. The van der Waals surface area contributed by atoms with E-state index in [2.05, 4.69) is 5.32 Å². The molecule has 1 fully saturated rings. The third-order valence-corrected chi connectivity index (χ3v) is 5.70. The highest BCUT2D eigenvalue weighted by Crippen LogP contribution is 2.22. The summed E-state index contributed by atoms with van der Waals surface area (Å²) in [7, 11) is -3.00. The van der Waals surface area contributed by atoms with Gasteiger partial charge in [-0.25, -0.2) is 12.8 Å². The van der Waals surface area contributed by atoms with E-state index in [9.17, 15) is 17.6 Å². The van der Waals surface area contributed by atoms with Crippen LogP contribution in [0.4, 0.5) is 10.1 Å². The maximum absolute atomic E-state index is 13.2.